The lowest BCUT2D eigenvalue weighted by Crippen LogP contribution is -2.36. The summed E-state index contributed by atoms with van der Waals surface area (Å²) >= 11 is 9.97. The first-order valence-electron chi connectivity index (χ1n) is 11.4. The molecule has 35 heavy (non-hydrogen) atoms. The van der Waals surface area contributed by atoms with Gasteiger partial charge in [0.15, 0.2) is 17.3 Å². The van der Waals surface area contributed by atoms with Crippen LogP contribution in [0.15, 0.2) is 52.1 Å². The van der Waals surface area contributed by atoms with Gasteiger partial charge in [-0.3, -0.25) is 4.79 Å². The minimum atomic E-state index is -0.479. The number of ketones is 1. The Balaban J connectivity index is 1.57. The summed E-state index contributed by atoms with van der Waals surface area (Å²) in [6, 6.07) is 10.9. The lowest BCUT2D eigenvalue weighted by Gasteiger charge is -2.38. The molecule has 1 aliphatic carbocycles. The summed E-state index contributed by atoms with van der Waals surface area (Å²) < 4.78 is 14.5. The van der Waals surface area contributed by atoms with E-state index in [1.54, 1.807) is 4.68 Å². The molecule has 2 heterocycles. The van der Waals surface area contributed by atoms with E-state index in [0.717, 1.165) is 23.2 Å². The van der Waals surface area contributed by atoms with Crippen molar-refractivity contribution in [3.8, 4) is 11.5 Å². The normalized spacial score (nSPS) is 18.5. The number of hydrogen-bond acceptors (Lipinski definition) is 7. The Bertz CT molecular complexity index is 1340. The number of carbonyl (C=O) groups excluding carboxylic acids is 1. The third kappa shape index (κ3) is 4.54. The van der Waals surface area contributed by atoms with Gasteiger partial charge in [0, 0.05) is 28.3 Å². The number of rotatable bonds is 6. The molecular formula is C25H25BrClN5O3. The van der Waals surface area contributed by atoms with Crippen molar-refractivity contribution in [2.24, 2.45) is 5.41 Å². The predicted octanol–water partition coefficient (Wildman–Crippen LogP) is 5.72. The maximum atomic E-state index is 13.4. The van der Waals surface area contributed by atoms with E-state index in [-0.39, 0.29) is 17.8 Å². The van der Waals surface area contributed by atoms with E-state index in [0.29, 0.717) is 45.5 Å². The van der Waals surface area contributed by atoms with E-state index in [4.69, 9.17) is 21.1 Å². The van der Waals surface area contributed by atoms with Crippen LogP contribution in [0.4, 0.5) is 5.95 Å². The van der Waals surface area contributed by atoms with Gasteiger partial charge in [-0.2, -0.15) is 4.68 Å². The van der Waals surface area contributed by atoms with Gasteiger partial charge in [0.1, 0.15) is 12.6 Å². The fourth-order valence-corrected chi connectivity index (χ4v) is 5.46. The molecule has 8 nitrogen and oxygen atoms in total. The fraction of sp³-hybridized carbons (Fsp3) is 0.360. The smallest absolute Gasteiger partial charge is 0.248 e. The Hall–Kier alpha value is -2.91. The van der Waals surface area contributed by atoms with Gasteiger partial charge in [0.25, 0.3) is 0 Å². The highest BCUT2D eigenvalue weighted by Crippen LogP contribution is 2.47. The molecule has 0 radical (unpaired) electrons. The minimum absolute atomic E-state index is 0.0861. The van der Waals surface area contributed by atoms with Crippen LogP contribution in [0.5, 0.6) is 11.5 Å². The first-order valence-corrected chi connectivity index (χ1v) is 12.6. The summed E-state index contributed by atoms with van der Waals surface area (Å²) in [5.41, 5.74) is 3.10. The highest BCUT2D eigenvalue weighted by Gasteiger charge is 2.42. The zero-order valence-corrected chi connectivity index (χ0v) is 22.0. The molecule has 0 saturated carbocycles. The fourth-order valence-electron chi connectivity index (χ4n) is 4.69. The van der Waals surface area contributed by atoms with Gasteiger partial charge in [-0.25, -0.2) is 0 Å². The number of nitrogens with one attached hydrogen (secondary N) is 1. The summed E-state index contributed by atoms with van der Waals surface area (Å²) in [5.74, 6) is 1.71. The van der Waals surface area contributed by atoms with Crippen molar-refractivity contribution in [1.82, 2.24) is 20.2 Å². The lowest BCUT2D eigenvalue weighted by atomic mass is 9.73. The van der Waals surface area contributed by atoms with Crippen molar-refractivity contribution < 1.29 is 14.3 Å². The SMILES string of the molecule is CCOc1cc(C2C3=C(CC(C)(C)CC3=O)Nc3nnnn32)cc(Br)c1OCc1ccccc1Cl. The van der Waals surface area contributed by atoms with Gasteiger partial charge in [-0.15, -0.1) is 0 Å². The first-order chi connectivity index (χ1) is 16.8. The Morgan fingerprint density at radius 1 is 1.23 bits per heavy atom. The zero-order valence-electron chi connectivity index (χ0n) is 19.6. The van der Waals surface area contributed by atoms with Crippen LogP contribution < -0.4 is 14.8 Å². The van der Waals surface area contributed by atoms with Gasteiger partial charge in [0.05, 0.1) is 11.1 Å². The molecule has 1 aromatic heterocycles. The third-order valence-electron chi connectivity index (χ3n) is 6.17. The van der Waals surface area contributed by atoms with Crippen LogP contribution in [-0.4, -0.2) is 32.6 Å². The first kappa shape index (κ1) is 23.8. The van der Waals surface area contributed by atoms with E-state index in [9.17, 15) is 4.79 Å². The molecule has 3 aromatic rings. The van der Waals surface area contributed by atoms with Crippen molar-refractivity contribution in [1.29, 1.82) is 0 Å². The molecule has 2 aliphatic rings. The summed E-state index contributed by atoms with van der Waals surface area (Å²) in [7, 11) is 0. The van der Waals surface area contributed by atoms with Crippen LogP contribution in [0.3, 0.4) is 0 Å². The Morgan fingerprint density at radius 2 is 2.03 bits per heavy atom. The second-order valence-electron chi connectivity index (χ2n) is 9.45. The number of aromatic nitrogens is 4. The summed E-state index contributed by atoms with van der Waals surface area (Å²) in [5, 5.41) is 16.1. The molecule has 1 aliphatic heterocycles. The number of benzene rings is 2. The van der Waals surface area contributed by atoms with E-state index in [1.807, 2.05) is 43.3 Å². The number of Topliss-reactive ketones (excluding diaryl/α,β-unsaturated/α-hetero) is 1. The van der Waals surface area contributed by atoms with Gasteiger partial charge in [-0.1, -0.05) is 48.7 Å². The average molecular weight is 559 g/mol. The molecule has 0 bridgehead atoms. The maximum Gasteiger partial charge on any atom is 0.248 e. The monoisotopic (exact) mass is 557 g/mol. The van der Waals surface area contributed by atoms with Crippen LogP contribution in [-0.2, 0) is 11.4 Å². The molecule has 0 saturated heterocycles. The second-order valence-corrected chi connectivity index (χ2v) is 10.7. The standard InChI is InChI=1S/C25H25BrClN5O3/c1-4-34-20-10-15(9-16(26)23(20)35-13-14-7-5-6-8-17(14)27)22-21-18(11-25(2,3)12-19(21)33)28-24-29-30-31-32(22)24/h5-10,22H,4,11-13H2,1-3H3,(H,28,29,31). The van der Waals surface area contributed by atoms with Gasteiger partial charge in [0.2, 0.25) is 5.95 Å². The van der Waals surface area contributed by atoms with E-state index in [1.165, 1.54) is 0 Å². The third-order valence-corrected chi connectivity index (χ3v) is 7.13. The van der Waals surface area contributed by atoms with Crippen molar-refractivity contribution in [3.63, 3.8) is 0 Å². The van der Waals surface area contributed by atoms with E-state index >= 15 is 0 Å². The highest BCUT2D eigenvalue weighted by molar-refractivity contribution is 9.10. The molecule has 1 unspecified atom stereocenters. The number of fused-ring (bicyclic) bond motifs is 1. The Morgan fingerprint density at radius 3 is 2.80 bits per heavy atom. The molecule has 0 spiro atoms. The lowest BCUT2D eigenvalue weighted by molar-refractivity contribution is -0.118. The summed E-state index contributed by atoms with van der Waals surface area (Å²) in [4.78, 5) is 13.4. The average Bonchev–Trinajstić information content (AvgIpc) is 3.25. The van der Waals surface area contributed by atoms with E-state index in [2.05, 4.69) is 50.6 Å². The van der Waals surface area contributed by atoms with Crippen molar-refractivity contribution in [2.45, 2.75) is 46.3 Å². The predicted molar refractivity (Wildman–Crippen MR) is 136 cm³/mol. The van der Waals surface area contributed by atoms with Crippen molar-refractivity contribution in [2.75, 3.05) is 11.9 Å². The van der Waals surface area contributed by atoms with Crippen molar-refractivity contribution in [3.05, 3.63) is 68.3 Å². The van der Waals surface area contributed by atoms with Crippen LogP contribution in [0, 0.1) is 5.41 Å². The van der Waals surface area contributed by atoms with Gasteiger partial charge >= 0.3 is 0 Å². The number of ether oxygens (including phenoxy) is 2. The van der Waals surface area contributed by atoms with Crippen LogP contribution in [0.25, 0.3) is 0 Å². The quantitative estimate of drug-likeness (QED) is 0.413. The molecule has 0 fully saturated rings. The van der Waals surface area contributed by atoms with Crippen LogP contribution in [0.1, 0.15) is 50.8 Å². The zero-order chi connectivity index (χ0) is 24.7. The van der Waals surface area contributed by atoms with Gasteiger partial charge in [-0.05, 0) is 68.9 Å². The Labute approximate surface area is 216 Å². The maximum absolute atomic E-state index is 13.4. The summed E-state index contributed by atoms with van der Waals surface area (Å²) in [6.45, 7) is 6.83. The van der Waals surface area contributed by atoms with Crippen molar-refractivity contribution >= 4 is 39.3 Å². The second kappa shape index (κ2) is 9.28. The van der Waals surface area contributed by atoms with Gasteiger partial charge < -0.3 is 14.8 Å². The Kier molecular flexibility index (Phi) is 6.31. The number of hydrogen-bond donors (Lipinski definition) is 1. The molecular weight excluding hydrogens is 534 g/mol. The molecule has 5 rings (SSSR count). The number of nitrogens with zero attached hydrogens (tertiary/aromatic N) is 4. The molecule has 1 N–H and O–H groups in total. The molecule has 10 heteroatoms. The minimum Gasteiger partial charge on any atom is -0.490 e. The molecule has 0 amide bonds. The largest absolute Gasteiger partial charge is 0.490 e. The molecule has 2 aromatic carbocycles. The molecule has 182 valence electrons. The number of carbonyl (C=O) groups is 1. The highest BCUT2D eigenvalue weighted by atomic mass is 79.9. The number of allylic oxidation sites excluding steroid dienone is 2. The number of anilines is 1. The summed E-state index contributed by atoms with van der Waals surface area (Å²) in [6.07, 6.45) is 1.19. The topological polar surface area (TPSA) is 91.2 Å². The number of tetrazole rings is 1. The van der Waals surface area contributed by atoms with Crippen LogP contribution >= 0.6 is 27.5 Å². The van der Waals surface area contributed by atoms with Crippen LogP contribution in [0.2, 0.25) is 5.02 Å². The number of halogens is 2. The van der Waals surface area contributed by atoms with E-state index < -0.39 is 6.04 Å². The molecule has 1 atom stereocenters.